The first-order valence-corrected chi connectivity index (χ1v) is 8.48. The summed E-state index contributed by atoms with van der Waals surface area (Å²) in [6, 6.07) is 0. The molecule has 0 bridgehead atoms. The second-order valence-corrected chi connectivity index (χ2v) is 7.06. The number of hydrogen-bond donors (Lipinski definition) is 0. The highest BCUT2D eigenvalue weighted by atomic mass is 15.4. The molecule has 0 N–H and O–H groups in total. The molecule has 0 radical (unpaired) electrons. The first-order valence-electron chi connectivity index (χ1n) is 8.48. The average Bonchev–Trinajstić information content (AvgIpc) is 2.42. The fourth-order valence-corrected chi connectivity index (χ4v) is 3.88. The van der Waals surface area contributed by atoms with Crippen LogP contribution < -0.4 is 0 Å². The second kappa shape index (κ2) is 7.64. The van der Waals surface area contributed by atoms with Crippen LogP contribution in [0.25, 0.3) is 0 Å². The van der Waals surface area contributed by atoms with Crippen molar-refractivity contribution in [1.29, 1.82) is 0 Å². The molecule has 0 aromatic heterocycles. The van der Waals surface area contributed by atoms with Crippen LogP contribution in [-0.4, -0.2) is 61.3 Å². The Morgan fingerprint density at radius 2 is 0.737 bits per heavy atom. The van der Waals surface area contributed by atoms with Gasteiger partial charge in [-0.05, 0) is 55.4 Å². The number of nitrogens with zero attached hydrogens (tertiary/aromatic N) is 2. The van der Waals surface area contributed by atoms with Gasteiger partial charge in [-0.15, -0.1) is 0 Å². The first kappa shape index (κ1) is 18.9. The predicted octanol–water partition coefficient (Wildman–Crippen LogP) is 3.77. The third kappa shape index (κ3) is 5.07. The molecule has 0 aliphatic heterocycles. The van der Waals surface area contributed by atoms with E-state index < -0.39 is 0 Å². The Kier molecular flexibility index (Phi) is 7.60. The Morgan fingerprint density at radius 3 is 0.895 bits per heavy atom. The molecular formula is C17H40N2+2. The van der Waals surface area contributed by atoms with Crippen molar-refractivity contribution in [3.8, 4) is 0 Å². The predicted molar refractivity (Wildman–Crippen MR) is 87.3 cm³/mol. The minimum absolute atomic E-state index is 0.421. The zero-order valence-corrected chi connectivity index (χ0v) is 15.1. The van der Waals surface area contributed by atoms with Crippen molar-refractivity contribution in [2.45, 2.75) is 55.4 Å². The quantitative estimate of drug-likeness (QED) is 0.531. The van der Waals surface area contributed by atoms with Crippen LogP contribution in [0.5, 0.6) is 0 Å². The van der Waals surface area contributed by atoms with Crippen molar-refractivity contribution < 1.29 is 8.97 Å². The minimum atomic E-state index is 0.421. The molecule has 116 valence electrons. The van der Waals surface area contributed by atoms with Gasteiger partial charge in [0.15, 0.2) is 0 Å². The summed E-state index contributed by atoms with van der Waals surface area (Å²) < 4.78 is 2.54. The highest BCUT2D eigenvalue weighted by Crippen LogP contribution is 2.26. The summed E-state index contributed by atoms with van der Waals surface area (Å²) >= 11 is 0. The molecule has 0 spiro atoms. The van der Waals surface area contributed by atoms with Crippen molar-refractivity contribution in [2.75, 3.05) is 52.4 Å². The Labute approximate surface area is 123 Å². The van der Waals surface area contributed by atoms with Crippen LogP contribution >= 0.6 is 0 Å². The SMILES string of the molecule is CC[N+](CC)(CC)CC(C)(C)C[N+](CC)(CC)CC. The van der Waals surface area contributed by atoms with Gasteiger partial charge in [0, 0.05) is 0 Å². The summed E-state index contributed by atoms with van der Waals surface area (Å²) in [5.41, 5.74) is 0.421. The molecular weight excluding hydrogens is 232 g/mol. The molecule has 0 aliphatic rings. The van der Waals surface area contributed by atoms with E-state index in [-0.39, 0.29) is 0 Å². The summed E-state index contributed by atoms with van der Waals surface area (Å²) in [6.45, 7) is 29.3. The van der Waals surface area contributed by atoms with E-state index in [4.69, 9.17) is 0 Å². The molecule has 2 nitrogen and oxygen atoms in total. The van der Waals surface area contributed by atoms with E-state index in [1.165, 1.54) is 61.3 Å². The fraction of sp³-hybridized carbons (Fsp3) is 1.00. The Bertz CT molecular complexity index is 197. The van der Waals surface area contributed by atoms with E-state index in [0.717, 1.165) is 0 Å². The molecule has 0 heterocycles. The molecule has 19 heavy (non-hydrogen) atoms. The summed E-state index contributed by atoms with van der Waals surface area (Å²) in [4.78, 5) is 0. The summed E-state index contributed by atoms with van der Waals surface area (Å²) in [6.07, 6.45) is 0. The summed E-state index contributed by atoms with van der Waals surface area (Å²) in [5, 5.41) is 0. The molecule has 2 heteroatoms. The van der Waals surface area contributed by atoms with Crippen LogP contribution in [-0.2, 0) is 0 Å². The van der Waals surface area contributed by atoms with Gasteiger partial charge >= 0.3 is 0 Å². The van der Waals surface area contributed by atoms with Gasteiger partial charge in [0.2, 0.25) is 0 Å². The standard InChI is InChI=1S/C17H40N2/c1-9-18(10-2,11-3)15-17(7,8)16-19(12-4,13-5)14-6/h9-16H2,1-8H3/q+2. The lowest BCUT2D eigenvalue weighted by molar-refractivity contribution is -0.951. The lowest BCUT2D eigenvalue weighted by Gasteiger charge is -2.46. The molecule has 0 aliphatic carbocycles. The maximum atomic E-state index is 2.48. The third-order valence-electron chi connectivity index (χ3n) is 5.55. The molecule has 0 saturated heterocycles. The summed E-state index contributed by atoms with van der Waals surface area (Å²) in [7, 11) is 0. The second-order valence-electron chi connectivity index (χ2n) is 7.06. The molecule has 0 atom stereocenters. The smallest absolute Gasteiger partial charge is 0.0892 e. The minimum Gasteiger partial charge on any atom is -0.324 e. The van der Waals surface area contributed by atoms with Gasteiger partial charge in [0.05, 0.1) is 57.8 Å². The molecule has 0 unspecified atom stereocenters. The fourth-order valence-electron chi connectivity index (χ4n) is 3.88. The van der Waals surface area contributed by atoms with Crippen molar-refractivity contribution in [1.82, 2.24) is 0 Å². The van der Waals surface area contributed by atoms with Crippen molar-refractivity contribution in [3.05, 3.63) is 0 Å². The van der Waals surface area contributed by atoms with E-state index in [2.05, 4.69) is 55.4 Å². The third-order valence-corrected chi connectivity index (χ3v) is 5.55. The van der Waals surface area contributed by atoms with Gasteiger partial charge in [-0.25, -0.2) is 0 Å². The van der Waals surface area contributed by atoms with Gasteiger partial charge in [0.1, 0.15) is 0 Å². The topological polar surface area (TPSA) is 0 Å². The van der Waals surface area contributed by atoms with Crippen molar-refractivity contribution in [3.63, 3.8) is 0 Å². The highest BCUT2D eigenvalue weighted by molar-refractivity contribution is 4.69. The molecule has 0 aromatic carbocycles. The number of quaternary nitrogens is 2. The van der Waals surface area contributed by atoms with Crippen LogP contribution in [0.4, 0.5) is 0 Å². The van der Waals surface area contributed by atoms with Gasteiger partial charge in [-0.2, -0.15) is 0 Å². The zero-order chi connectivity index (χ0) is 15.2. The van der Waals surface area contributed by atoms with Gasteiger partial charge in [-0.1, -0.05) is 0 Å². The largest absolute Gasteiger partial charge is 0.324 e. The van der Waals surface area contributed by atoms with E-state index >= 15 is 0 Å². The lowest BCUT2D eigenvalue weighted by atomic mass is 9.89. The van der Waals surface area contributed by atoms with Crippen LogP contribution in [0.1, 0.15) is 55.4 Å². The first-order chi connectivity index (χ1) is 8.78. The van der Waals surface area contributed by atoms with Gasteiger partial charge in [-0.3, -0.25) is 0 Å². The normalized spacial score (nSPS) is 13.9. The molecule has 0 saturated carbocycles. The van der Waals surface area contributed by atoms with Crippen molar-refractivity contribution in [2.24, 2.45) is 5.41 Å². The van der Waals surface area contributed by atoms with E-state index in [1.807, 2.05) is 0 Å². The number of rotatable bonds is 10. The molecule has 0 fully saturated rings. The summed E-state index contributed by atoms with van der Waals surface area (Å²) in [5.74, 6) is 0. The molecule has 0 aromatic rings. The lowest BCUT2D eigenvalue weighted by Crippen LogP contribution is -2.59. The maximum absolute atomic E-state index is 2.48. The van der Waals surface area contributed by atoms with Gasteiger partial charge < -0.3 is 8.97 Å². The Balaban J connectivity index is 4.96. The van der Waals surface area contributed by atoms with Crippen LogP contribution in [0.2, 0.25) is 0 Å². The number of hydrogen-bond acceptors (Lipinski definition) is 0. The van der Waals surface area contributed by atoms with Crippen LogP contribution in [0.15, 0.2) is 0 Å². The van der Waals surface area contributed by atoms with E-state index in [1.54, 1.807) is 0 Å². The van der Waals surface area contributed by atoms with E-state index in [9.17, 15) is 0 Å². The molecule has 0 amide bonds. The average molecular weight is 273 g/mol. The Hall–Kier alpha value is -0.0800. The maximum Gasteiger partial charge on any atom is 0.0892 e. The van der Waals surface area contributed by atoms with Crippen molar-refractivity contribution >= 4 is 0 Å². The monoisotopic (exact) mass is 272 g/mol. The highest BCUT2D eigenvalue weighted by Gasteiger charge is 2.38. The molecule has 0 rings (SSSR count). The van der Waals surface area contributed by atoms with Gasteiger partial charge in [0.25, 0.3) is 0 Å². The zero-order valence-electron chi connectivity index (χ0n) is 15.1. The Morgan fingerprint density at radius 1 is 0.526 bits per heavy atom. The van der Waals surface area contributed by atoms with E-state index in [0.29, 0.717) is 5.41 Å². The van der Waals surface area contributed by atoms with Crippen LogP contribution in [0, 0.1) is 5.41 Å². The van der Waals surface area contributed by atoms with Crippen LogP contribution in [0.3, 0.4) is 0 Å².